The van der Waals surface area contributed by atoms with E-state index >= 15 is 0 Å². The molecule has 0 spiro atoms. The van der Waals surface area contributed by atoms with Crippen LogP contribution in [0.4, 0.5) is 17.7 Å². The number of hydrogen-bond donors (Lipinski definition) is 0. The summed E-state index contributed by atoms with van der Waals surface area (Å²) in [5.41, 5.74) is 0. The molecule has 0 aromatic rings. The van der Waals surface area contributed by atoms with Crippen molar-refractivity contribution in [3.05, 3.63) is 0 Å². The van der Waals surface area contributed by atoms with Crippen LogP contribution < -0.4 is 51.4 Å². The van der Waals surface area contributed by atoms with Gasteiger partial charge in [-0.25, -0.2) is 9.37 Å². The molecule has 78 valence electrons. The van der Waals surface area contributed by atoms with Gasteiger partial charge >= 0.3 is 64.4 Å². The Balaban J connectivity index is 0.00000196. The largest absolute Gasteiger partial charge is 1.00 e. The molecule has 1 unspecified atom stereocenters. The van der Waals surface area contributed by atoms with Crippen LogP contribution in [-0.4, -0.2) is 48.7 Å². The summed E-state index contributed by atoms with van der Waals surface area (Å²) >= 11 is 0. The van der Waals surface area contributed by atoms with Crippen molar-refractivity contribution >= 4 is 25.1 Å². The number of halogens is 3. The predicted molar refractivity (Wildman–Crippen MR) is 43.2 cm³/mol. The summed E-state index contributed by atoms with van der Waals surface area (Å²) in [5, 5.41) is 0. The molecule has 4 nitrogen and oxygen atoms in total. The van der Waals surface area contributed by atoms with Crippen molar-refractivity contribution in [1.29, 1.82) is 0 Å². The van der Waals surface area contributed by atoms with Crippen molar-refractivity contribution in [1.82, 2.24) is 4.90 Å². The molecule has 0 aromatic carbocycles. The topological polar surface area (TPSA) is 40.4 Å². The van der Waals surface area contributed by atoms with Gasteiger partial charge in [-0.2, -0.15) is 9.69 Å². The maximum atomic E-state index is 12.3. The number of rotatable bonds is 1. The van der Waals surface area contributed by atoms with Crippen LogP contribution in [0.25, 0.3) is 0 Å². The van der Waals surface area contributed by atoms with Crippen molar-refractivity contribution in [3.63, 3.8) is 0 Å². The number of amides is 3. The SMILES string of the molecule is CN1C(=O)C([B-](F)(F)F)C=[N+](C)C1=O.[K+]. The molecule has 1 heterocycles. The van der Waals surface area contributed by atoms with Gasteiger partial charge in [0.2, 0.25) is 0 Å². The average molecular weight is 247 g/mol. The molecule has 0 fully saturated rings. The van der Waals surface area contributed by atoms with Crippen LogP contribution in [0.2, 0.25) is 5.82 Å². The molecule has 9 heteroatoms. The Kier molecular flexibility index (Phi) is 5.19. The molecule has 1 rings (SSSR count). The van der Waals surface area contributed by atoms with E-state index < -0.39 is 24.7 Å². The normalized spacial score (nSPS) is 22.3. The minimum atomic E-state index is -5.29. The van der Waals surface area contributed by atoms with Crippen LogP contribution in [0.15, 0.2) is 0 Å². The molecule has 0 saturated carbocycles. The molecule has 0 N–H and O–H groups in total. The first-order valence-electron chi connectivity index (χ1n) is 3.84. The maximum absolute atomic E-state index is 12.3. The van der Waals surface area contributed by atoms with E-state index in [0.29, 0.717) is 11.1 Å². The molecule has 3 amide bonds. The number of hydrogen-bond acceptors (Lipinski definition) is 2. The fraction of sp³-hybridized carbons (Fsp3) is 0.500. The van der Waals surface area contributed by atoms with Gasteiger partial charge in [0.05, 0.1) is 26.1 Å². The van der Waals surface area contributed by atoms with Crippen LogP contribution in [0.1, 0.15) is 0 Å². The molecule has 1 atom stereocenters. The van der Waals surface area contributed by atoms with Crippen molar-refractivity contribution in [3.8, 4) is 0 Å². The smallest absolute Gasteiger partial charge is 0.448 e. The summed E-state index contributed by atoms with van der Waals surface area (Å²) in [5.74, 6) is -3.39. The second kappa shape index (κ2) is 5.09. The van der Waals surface area contributed by atoms with E-state index in [2.05, 4.69) is 0 Å². The van der Waals surface area contributed by atoms with Gasteiger partial charge in [-0.05, 0) is 0 Å². The summed E-state index contributed by atoms with van der Waals surface area (Å²) in [4.78, 5) is 22.6. The monoisotopic (exact) mass is 247 g/mol. The maximum Gasteiger partial charge on any atom is 1.00 e. The van der Waals surface area contributed by atoms with Crippen molar-refractivity contribution in [2.75, 3.05) is 14.1 Å². The zero-order chi connectivity index (χ0) is 11.1. The van der Waals surface area contributed by atoms with Gasteiger partial charge in [0.1, 0.15) is 0 Å². The van der Waals surface area contributed by atoms with Gasteiger partial charge < -0.3 is 12.9 Å². The molecule has 15 heavy (non-hydrogen) atoms. The number of carbonyl (C=O) groups is 2. The Hall–Kier alpha value is 0.301. The summed E-state index contributed by atoms with van der Waals surface area (Å²) in [6.07, 6.45) is 0.602. The van der Waals surface area contributed by atoms with Crippen LogP contribution in [0, 0.1) is 0 Å². The fourth-order valence-corrected chi connectivity index (χ4v) is 1.18. The van der Waals surface area contributed by atoms with Gasteiger partial charge in [-0.15, -0.1) is 0 Å². The van der Waals surface area contributed by atoms with E-state index in [1.807, 2.05) is 0 Å². The van der Waals surface area contributed by atoms with Crippen LogP contribution in [-0.2, 0) is 4.79 Å². The van der Waals surface area contributed by atoms with Gasteiger partial charge in [0.25, 0.3) is 5.91 Å². The Labute approximate surface area is 127 Å². The minimum Gasteiger partial charge on any atom is -0.448 e. The molecule has 1 aliphatic heterocycles. The quantitative estimate of drug-likeness (QED) is 0.380. The van der Waals surface area contributed by atoms with E-state index in [1.165, 1.54) is 7.05 Å². The van der Waals surface area contributed by atoms with Gasteiger partial charge in [-0.1, -0.05) is 0 Å². The van der Waals surface area contributed by atoms with E-state index in [-0.39, 0.29) is 51.4 Å². The third kappa shape index (κ3) is 3.13. The molecule has 0 saturated heterocycles. The molecule has 1 aliphatic rings. The third-order valence-corrected chi connectivity index (χ3v) is 2.00. The third-order valence-electron chi connectivity index (χ3n) is 2.00. The van der Waals surface area contributed by atoms with Crippen LogP contribution in [0.3, 0.4) is 0 Å². The molecular formula is C6H8BF3KN2O2+. The average Bonchev–Trinajstić information content (AvgIpc) is 2.06. The summed E-state index contributed by atoms with van der Waals surface area (Å²) in [6, 6.07) is -0.758. The van der Waals surface area contributed by atoms with Crippen LogP contribution >= 0.6 is 0 Å². The first-order chi connectivity index (χ1) is 6.25. The second-order valence-electron chi connectivity index (χ2n) is 3.09. The van der Waals surface area contributed by atoms with E-state index in [1.54, 1.807) is 0 Å². The zero-order valence-corrected chi connectivity index (χ0v) is 11.7. The first kappa shape index (κ1) is 15.3. The zero-order valence-electron chi connectivity index (χ0n) is 8.58. The van der Waals surface area contributed by atoms with Crippen molar-refractivity contribution < 1.29 is 78.5 Å². The first-order valence-corrected chi connectivity index (χ1v) is 3.84. The van der Waals surface area contributed by atoms with Crippen molar-refractivity contribution in [2.45, 2.75) is 5.82 Å². The number of nitrogens with zero attached hydrogens (tertiary/aromatic N) is 2. The molecule has 0 aliphatic carbocycles. The van der Waals surface area contributed by atoms with E-state index in [0.717, 1.165) is 11.6 Å². The van der Waals surface area contributed by atoms with Crippen LogP contribution in [0.5, 0.6) is 0 Å². The Morgan fingerprint density at radius 2 is 1.87 bits per heavy atom. The summed E-state index contributed by atoms with van der Waals surface area (Å²) in [6.45, 7) is -5.29. The Morgan fingerprint density at radius 3 is 2.27 bits per heavy atom. The van der Waals surface area contributed by atoms with E-state index in [4.69, 9.17) is 0 Å². The molecule has 0 radical (unpaired) electrons. The number of imide groups is 1. The standard InChI is InChI=1S/C6H8BF3N2O2.K/c1-11-3-4(7(8,9)10)5(13)12(2)6(11)14;/h3-4H,1-2H3;/q;+1. The number of urea groups is 1. The summed E-state index contributed by atoms with van der Waals surface area (Å²) in [7, 11) is 2.21. The van der Waals surface area contributed by atoms with E-state index in [9.17, 15) is 22.5 Å². The van der Waals surface area contributed by atoms with Gasteiger partial charge in [0, 0.05) is 0 Å². The molecule has 0 bridgehead atoms. The second-order valence-corrected chi connectivity index (χ2v) is 3.09. The van der Waals surface area contributed by atoms with Crippen molar-refractivity contribution in [2.24, 2.45) is 0 Å². The molecule has 0 aromatic heterocycles. The minimum absolute atomic E-state index is 0. The number of carbonyl (C=O) groups excluding carboxylic acids is 2. The predicted octanol–water partition coefficient (Wildman–Crippen LogP) is -2.49. The summed E-state index contributed by atoms with van der Waals surface area (Å²) < 4.78 is 37.7. The Bertz CT molecular complexity index is 331. The fourth-order valence-electron chi connectivity index (χ4n) is 1.18. The van der Waals surface area contributed by atoms with Gasteiger partial charge in [0.15, 0.2) is 0 Å². The van der Waals surface area contributed by atoms with Gasteiger partial charge in [-0.3, -0.25) is 0 Å². The Morgan fingerprint density at radius 1 is 1.40 bits per heavy atom. The molecular weight excluding hydrogens is 239 g/mol.